The van der Waals surface area contributed by atoms with E-state index in [0.29, 0.717) is 0 Å². The van der Waals surface area contributed by atoms with Gasteiger partial charge in [0.25, 0.3) is 0 Å². The van der Waals surface area contributed by atoms with E-state index in [9.17, 15) is 0 Å². The van der Waals surface area contributed by atoms with E-state index in [-0.39, 0.29) is 0 Å². The van der Waals surface area contributed by atoms with Crippen molar-refractivity contribution in [1.82, 2.24) is 0 Å². The Morgan fingerprint density at radius 1 is 1.00 bits per heavy atom. The van der Waals surface area contributed by atoms with Crippen LogP contribution in [0.3, 0.4) is 0 Å². The van der Waals surface area contributed by atoms with E-state index in [2.05, 4.69) is 6.92 Å². The molecule has 0 aliphatic carbocycles. The van der Waals surface area contributed by atoms with Crippen LogP contribution >= 0.6 is 0 Å². The molecule has 0 saturated carbocycles. The van der Waals surface area contributed by atoms with E-state index in [4.69, 9.17) is 8.85 Å². The summed E-state index contributed by atoms with van der Waals surface area (Å²) in [7, 11) is -0.909. The van der Waals surface area contributed by atoms with Crippen molar-refractivity contribution in [3.8, 4) is 0 Å². The van der Waals surface area contributed by atoms with Gasteiger partial charge >= 0.3 is 9.28 Å². The van der Waals surface area contributed by atoms with Crippen LogP contribution < -0.4 is 0 Å². The second kappa shape index (κ2) is 8.24. The van der Waals surface area contributed by atoms with Crippen LogP contribution in [0.1, 0.15) is 33.6 Å². The van der Waals surface area contributed by atoms with Crippen LogP contribution in [0, 0.1) is 0 Å². The third-order valence-corrected chi connectivity index (χ3v) is 3.33. The van der Waals surface area contributed by atoms with Crippen molar-refractivity contribution in [2.75, 3.05) is 13.2 Å². The standard InChI is InChI=1S/C8H19O2Si/c1-4-7-8-11(9-5-2)10-6-3/h4-8H2,1-3H3. The fraction of sp³-hybridized carbons (Fsp3) is 1.00. The summed E-state index contributed by atoms with van der Waals surface area (Å²) >= 11 is 0. The summed E-state index contributed by atoms with van der Waals surface area (Å²) in [6.07, 6.45) is 2.46. The molecule has 0 aromatic carbocycles. The van der Waals surface area contributed by atoms with Crippen molar-refractivity contribution in [3.05, 3.63) is 0 Å². The van der Waals surface area contributed by atoms with Gasteiger partial charge in [-0.15, -0.1) is 0 Å². The van der Waals surface area contributed by atoms with Crippen molar-refractivity contribution in [3.63, 3.8) is 0 Å². The third-order valence-electron chi connectivity index (χ3n) is 1.35. The third kappa shape index (κ3) is 6.53. The van der Waals surface area contributed by atoms with Gasteiger partial charge in [0.15, 0.2) is 0 Å². The largest absolute Gasteiger partial charge is 0.394 e. The molecule has 0 bridgehead atoms. The first-order valence-electron chi connectivity index (χ1n) is 4.46. The topological polar surface area (TPSA) is 18.5 Å². The molecule has 0 fully saturated rings. The highest BCUT2D eigenvalue weighted by atomic mass is 28.3. The Morgan fingerprint density at radius 2 is 1.55 bits per heavy atom. The molecule has 0 aliphatic heterocycles. The molecule has 0 unspecified atom stereocenters. The summed E-state index contributed by atoms with van der Waals surface area (Å²) in [5.41, 5.74) is 0. The van der Waals surface area contributed by atoms with Crippen molar-refractivity contribution in [1.29, 1.82) is 0 Å². The molecule has 0 aromatic heterocycles. The van der Waals surface area contributed by atoms with Crippen LogP contribution in [0.25, 0.3) is 0 Å². The average Bonchev–Trinajstić information content (AvgIpc) is 2.01. The summed E-state index contributed by atoms with van der Waals surface area (Å²) in [6.45, 7) is 7.82. The fourth-order valence-electron chi connectivity index (χ4n) is 0.829. The molecule has 2 nitrogen and oxygen atoms in total. The second-order valence-corrected chi connectivity index (χ2v) is 4.16. The maximum Gasteiger partial charge on any atom is 0.384 e. The molecule has 0 rings (SSSR count). The smallest absolute Gasteiger partial charge is 0.384 e. The first-order valence-corrected chi connectivity index (χ1v) is 5.98. The van der Waals surface area contributed by atoms with E-state index >= 15 is 0 Å². The molecular formula is C8H19O2Si. The highest BCUT2D eigenvalue weighted by Crippen LogP contribution is 2.03. The number of hydrogen-bond acceptors (Lipinski definition) is 2. The highest BCUT2D eigenvalue weighted by Gasteiger charge is 2.12. The molecule has 0 atom stereocenters. The number of rotatable bonds is 7. The fourth-order valence-corrected chi connectivity index (χ4v) is 2.49. The zero-order valence-electron chi connectivity index (χ0n) is 7.85. The molecule has 11 heavy (non-hydrogen) atoms. The SMILES string of the molecule is CCCC[Si](OCC)OCC. The molecule has 0 saturated heterocycles. The Hall–Kier alpha value is 0.137. The van der Waals surface area contributed by atoms with Crippen molar-refractivity contribution >= 4 is 9.28 Å². The van der Waals surface area contributed by atoms with Gasteiger partial charge in [-0.25, -0.2) is 0 Å². The monoisotopic (exact) mass is 175 g/mol. The lowest BCUT2D eigenvalue weighted by atomic mass is 10.4. The van der Waals surface area contributed by atoms with Crippen LogP contribution in [0.5, 0.6) is 0 Å². The maximum absolute atomic E-state index is 5.46. The zero-order valence-corrected chi connectivity index (χ0v) is 8.85. The minimum absolute atomic E-state index is 0.790. The van der Waals surface area contributed by atoms with Gasteiger partial charge in [0.1, 0.15) is 0 Å². The van der Waals surface area contributed by atoms with Crippen molar-refractivity contribution in [2.24, 2.45) is 0 Å². The normalized spacial score (nSPS) is 10.9. The Bertz CT molecular complexity index is 72.5. The van der Waals surface area contributed by atoms with Gasteiger partial charge in [0.2, 0.25) is 0 Å². The number of unbranched alkanes of at least 4 members (excludes halogenated alkanes) is 1. The summed E-state index contributed by atoms with van der Waals surface area (Å²) < 4.78 is 10.9. The minimum atomic E-state index is -0.909. The molecular weight excluding hydrogens is 156 g/mol. The first-order chi connectivity index (χ1) is 5.35. The van der Waals surface area contributed by atoms with E-state index in [1.54, 1.807) is 0 Å². The summed E-state index contributed by atoms with van der Waals surface area (Å²) in [6, 6.07) is 1.13. The molecule has 67 valence electrons. The zero-order chi connectivity index (χ0) is 8.53. The Labute approximate surface area is 71.7 Å². The lowest BCUT2D eigenvalue weighted by Gasteiger charge is -2.11. The molecule has 0 aliphatic rings. The number of hydrogen-bond donors (Lipinski definition) is 0. The molecule has 3 heteroatoms. The summed E-state index contributed by atoms with van der Waals surface area (Å²) in [4.78, 5) is 0. The van der Waals surface area contributed by atoms with Gasteiger partial charge in [0.05, 0.1) is 0 Å². The van der Waals surface area contributed by atoms with E-state index in [0.717, 1.165) is 19.3 Å². The first kappa shape index (κ1) is 11.1. The van der Waals surface area contributed by atoms with Gasteiger partial charge in [-0.1, -0.05) is 19.8 Å². The molecule has 0 N–H and O–H groups in total. The highest BCUT2D eigenvalue weighted by molar-refractivity contribution is 6.44. The molecule has 0 spiro atoms. The summed E-state index contributed by atoms with van der Waals surface area (Å²) in [5.74, 6) is 0. The van der Waals surface area contributed by atoms with Crippen LogP contribution in [-0.4, -0.2) is 22.5 Å². The van der Waals surface area contributed by atoms with Crippen molar-refractivity contribution < 1.29 is 8.85 Å². The lowest BCUT2D eigenvalue weighted by Crippen LogP contribution is -2.22. The molecule has 1 radical (unpaired) electrons. The molecule has 0 aromatic rings. The minimum Gasteiger partial charge on any atom is -0.394 e. The van der Waals surface area contributed by atoms with Crippen LogP contribution in [0.2, 0.25) is 6.04 Å². The van der Waals surface area contributed by atoms with Crippen LogP contribution in [-0.2, 0) is 8.85 Å². The predicted octanol–water partition coefficient (Wildman–Crippen LogP) is 2.35. The Kier molecular flexibility index (Phi) is 8.34. The Balaban J connectivity index is 3.34. The summed E-state index contributed by atoms with van der Waals surface area (Å²) in [5, 5.41) is 0. The van der Waals surface area contributed by atoms with E-state index < -0.39 is 9.28 Å². The van der Waals surface area contributed by atoms with E-state index in [1.165, 1.54) is 12.8 Å². The maximum atomic E-state index is 5.46. The van der Waals surface area contributed by atoms with Crippen molar-refractivity contribution in [2.45, 2.75) is 39.7 Å². The second-order valence-electron chi connectivity index (χ2n) is 2.34. The van der Waals surface area contributed by atoms with Crippen LogP contribution in [0.15, 0.2) is 0 Å². The van der Waals surface area contributed by atoms with Crippen LogP contribution in [0.4, 0.5) is 0 Å². The van der Waals surface area contributed by atoms with Gasteiger partial charge in [-0.3, -0.25) is 0 Å². The van der Waals surface area contributed by atoms with Gasteiger partial charge in [0, 0.05) is 13.2 Å². The predicted molar refractivity (Wildman–Crippen MR) is 48.7 cm³/mol. The van der Waals surface area contributed by atoms with Gasteiger partial charge < -0.3 is 8.85 Å². The molecule has 0 heterocycles. The van der Waals surface area contributed by atoms with Gasteiger partial charge in [-0.05, 0) is 19.9 Å². The van der Waals surface area contributed by atoms with Gasteiger partial charge in [-0.2, -0.15) is 0 Å². The average molecular weight is 175 g/mol. The Morgan fingerprint density at radius 3 is 1.91 bits per heavy atom. The lowest BCUT2D eigenvalue weighted by molar-refractivity contribution is 0.213. The quantitative estimate of drug-likeness (QED) is 0.553. The molecule has 0 amide bonds. The van der Waals surface area contributed by atoms with E-state index in [1.807, 2.05) is 13.8 Å².